The Kier molecular flexibility index (Phi) is 5.15. The van der Waals surface area contributed by atoms with Gasteiger partial charge in [-0.05, 0) is 25.1 Å². The second-order valence-corrected chi connectivity index (χ2v) is 3.25. The van der Waals surface area contributed by atoms with E-state index in [1.165, 1.54) is 0 Å². The Morgan fingerprint density at radius 1 is 1.40 bits per heavy atom. The van der Waals surface area contributed by atoms with E-state index in [2.05, 4.69) is 0 Å². The molecular weight excluding hydrogens is 216 g/mol. The number of rotatable bonds is 6. The minimum absolute atomic E-state index is 0.402. The fourth-order valence-corrected chi connectivity index (χ4v) is 1.27. The molecule has 0 spiro atoms. The number of hydrogen-bond acceptors (Lipinski definition) is 3. The second kappa shape index (κ2) is 6.43. The first-order valence-corrected chi connectivity index (χ1v) is 5.11. The van der Waals surface area contributed by atoms with E-state index in [1.807, 2.05) is 6.92 Å². The summed E-state index contributed by atoms with van der Waals surface area (Å²) in [7, 11) is 0. The van der Waals surface area contributed by atoms with Gasteiger partial charge in [0.2, 0.25) is 0 Å². The molecule has 1 aromatic carbocycles. The monoisotopic (exact) mass is 228 g/mol. The second-order valence-electron chi connectivity index (χ2n) is 2.85. The van der Waals surface area contributed by atoms with Crippen LogP contribution in [0.2, 0.25) is 5.02 Å². The summed E-state index contributed by atoms with van der Waals surface area (Å²) in [5.74, 6) is 0.644. The Labute approximate surface area is 93.9 Å². The molecule has 0 aliphatic heterocycles. The van der Waals surface area contributed by atoms with Crippen molar-refractivity contribution in [3.8, 4) is 5.75 Å². The normalized spacial score (nSPS) is 10.0. The zero-order valence-electron chi connectivity index (χ0n) is 8.53. The molecule has 0 atom stereocenters. The van der Waals surface area contributed by atoms with Gasteiger partial charge in [0.15, 0.2) is 6.29 Å². The average Bonchev–Trinajstić information content (AvgIpc) is 2.25. The van der Waals surface area contributed by atoms with Crippen molar-refractivity contribution in [3.05, 3.63) is 28.8 Å². The number of carbonyl (C=O) groups is 1. The zero-order valence-corrected chi connectivity index (χ0v) is 9.29. The lowest BCUT2D eigenvalue weighted by atomic mass is 10.2. The van der Waals surface area contributed by atoms with E-state index in [0.717, 1.165) is 0 Å². The molecule has 0 fully saturated rings. The molecule has 0 radical (unpaired) electrons. The van der Waals surface area contributed by atoms with Crippen LogP contribution in [0, 0.1) is 0 Å². The van der Waals surface area contributed by atoms with E-state index in [9.17, 15) is 4.79 Å². The fraction of sp³-hybridized carbons (Fsp3) is 0.364. The molecule has 0 aromatic heterocycles. The Balaban J connectivity index is 2.48. The van der Waals surface area contributed by atoms with Gasteiger partial charge < -0.3 is 9.47 Å². The predicted octanol–water partition coefficient (Wildman–Crippen LogP) is 2.57. The third-order valence-electron chi connectivity index (χ3n) is 1.80. The predicted molar refractivity (Wildman–Crippen MR) is 58.8 cm³/mol. The van der Waals surface area contributed by atoms with Gasteiger partial charge in [-0.25, -0.2) is 0 Å². The van der Waals surface area contributed by atoms with Crippen molar-refractivity contribution in [2.45, 2.75) is 6.92 Å². The summed E-state index contributed by atoms with van der Waals surface area (Å²) in [6.45, 7) is 3.62. The van der Waals surface area contributed by atoms with E-state index in [4.69, 9.17) is 21.1 Å². The van der Waals surface area contributed by atoms with Crippen molar-refractivity contribution < 1.29 is 14.3 Å². The first-order valence-electron chi connectivity index (χ1n) is 4.73. The van der Waals surface area contributed by atoms with Gasteiger partial charge in [-0.1, -0.05) is 11.6 Å². The van der Waals surface area contributed by atoms with Crippen molar-refractivity contribution in [1.29, 1.82) is 0 Å². The lowest BCUT2D eigenvalue weighted by Crippen LogP contribution is -2.06. The molecule has 0 heterocycles. The summed E-state index contributed by atoms with van der Waals surface area (Å²) in [6.07, 6.45) is 0.715. The third kappa shape index (κ3) is 3.90. The largest absolute Gasteiger partial charge is 0.491 e. The highest BCUT2D eigenvalue weighted by molar-refractivity contribution is 6.33. The van der Waals surface area contributed by atoms with Crippen LogP contribution < -0.4 is 4.74 Å². The van der Waals surface area contributed by atoms with Crippen molar-refractivity contribution in [2.75, 3.05) is 19.8 Å². The first-order chi connectivity index (χ1) is 7.27. The molecule has 0 unspecified atom stereocenters. The van der Waals surface area contributed by atoms with Gasteiger partial charge in [0, 0.05) is 12.2 Å². The number of carbonyl (C=O) groups excluding carboxylic acids is 1. The van der Waals surface area contributed by atoms with Gasteiger partial charge in [-0.2, -0.15) is 0 Å². The molecule has 82 valence electrons. The van der Waals surface area contributed by atoms with E-state index < -0.39 is 0 Å². The van der Waals surface area contributed by atoms with Gasteiger partial charge in [-0.3, -0.25) is 4.79 Å². The molecule has 1 aromatic rings. The topological polar surface area (TPSA) is 35.5 Å². The maximum Gasteiger partial charge on any atom is 0.151 e. The van der Waals surface area contributed by atoms with E-state index in [-0.39, 0.29) is 0 Å². The van der Waals surface area contributed by atoms with Crippen molar-refractivity contribution in [2.24, 2.45) is 0 Å². The van der Waals surface area contributed by atoms with E-state index in [0.29, 0.717) is 42.4 Å². The molecule has 0 amide bonds. The maximum absolute atomic E-state index is 10.5. The Morgan fingerprint density at radius 3 is 2.80 bits per heavy atom. The minimum atomic E-state index is 0.402. The lowest BCUT2D eigenvalue weighted by molar-refractivity contribution is 0.110. The third-order valence-corrected chi connectivity index (χ3v) is 2.13. The number of halogens is 1. The molecule has 4 heteroatoms. The van der Waals surface area contributed by atoms with Crippen LogP contribution in [0.25, 0.3) is 0 Å². The van der Waals surface area contributed by atoms with Crippen molar-refractivity contribution in [3.63, 3.8) is 0 Å². The molecule has 15 heavy (non-hydrogen) atoms. The zero-order chi connectivity index (χ0) is 11.1. The first kappa shape index (κ1) is 12.0. The molecule has 0 saturated heterocycles. The summed E-state index contributed by atoms with van der Waals surface area (Å²) in [5.41, 5.74) is 0.467. The highest BCUT2D eigenvalue weighted by Crippen LogP contribution is 2.21. The van der Waals surface area contributed by atoms with Crippen LogP contribution in [0.1, 0.15) is 17.3 Å². The smallest absolute Gasteiger partial charge is 0.151 e. The summed E-state index contributed by atoms with van der Waals surface area (Å²) in [5, 5.41) is 0.402. The molecule has 0 saturated carbocycles. The van der Waals surface area contributed by atoms with Crippen LogP contribution in [-0.2, 0) is 4.74 Å². The van der Waals surface area contributed by atoms with Gasteiger partial charge in [0.1, 0.15) is 12.4 Å². The number of hydrogen-bond donors (Lipinski definition) is 0. The molecule has 0 bridgehead atoms. The maximum atomic E-state index is 10.5. The van der Waals surface area contributed by atoms with Crippen LogP contribution in [0.15, 0.2) is 18.2 Å². The minimum Gasteiger partial charge on any atom is -0.491 e. The van der Waals surface area contributed by atoms with E-state index in [1.54, 1.807) is 18.2 Å². The van der Waals surface area contributed by atoms with Crippen LogP contribution in [0.5, 0.6) is 5.75 Å². The SMILES string of the molecule is CCOCCOc1ccc(C=O)c(Cl)c1. The van der Waals surface area contributed by atoms with Crippen LogP contribution in [0.3, 0.4) is 0 Å². The average molecular weight is 229 g/mol. The highest BCUT2D eigenvalue weighted by atomic mass is 35.5. The molecular formula is C11H13ClO3. The van der Waals surface area contributed by atoms with Crippen LogP contribution in [-0.4, -0.2) is 26.1 Å². The molecule has 3 nitrogen and oxygen atoms in total. The lowest BCUT2D eigenvalue weighted by Gasteiger charge is -2.06. The highest BCUT2D eigenvalue weighted by Gasteiger charge is 2.01. The Hall–Kier alpha value is -1.06. The number of aldehydes is 1. The fourth-order valence-electron chi connectivity index (χ4n) is 1.06. The molecule has 0 N–H and O–H groups in total. The van der Waals surface area contributed by atoms with Crippen LogP contribution >= 0.6 is 11.6 Å². The number of ether oxygens (including phenoxy) is 2. The summed E-state index contributed by atoms with van der Waals surface area (Å²) in [4.78, 5) is 10.5. The molecule has 1 rings (SSSR count). The summed E-state index contributed by atoms with van der Waals surface area (Å²) in [6, 6.07) is 4.96. The van der Waals surface area contributed by atoms with Gasteiger partial charge >= 0.3 is 0 Å². The molecule has 0 aliphatic carbocycles. The van der Waals surface area contributed by atoms with Gasteiger partial charge in [-0.15, -0.1) is 0 Å². The Morgan fingerprint density at radius 2 is 2.20 bits per heavy atom. The van der Waals surface area contributed by atoms with Crippen molar-refractivity contribution in [1.82, 2.24) is 0 Å². The number of benzene rings is 1. The van der Waals surface area contributed by atoms with Crippen molar-refractivity contribution >= 4 is 17.9 Å². The van der Waals surface area contributed by atoms with Gasteiger partial charge in [0.25, 0.3) is 0 Å². The van der Waals surface area contributed by atoms with Gasteiger partial charge in [0.05, 0.1) is 11.6 Å². The summed E-state index contributed by atoms with van der Waals surface area (Å²) < 4.78 is 10.5. The Bertz CT molecular complexity index is 326. The van der Waals surface area contributed by atoms with Crippen LogP contribution in [0.4, 0.5) is 0 Å². The quantitative estimate of drug-likeness (QED) is 0.555. The molecule has 0 aliphatic rings. The summed E-state index contributed by atoms with van der Waals surface area (Å²) >= 11 is 5.83. The van der Waals surface area contributed by atoms with E-state index >= 15 is 0 Å². The standard InChI is InChI=1S/C11H13ClO3/c1-2-14-5-6-15-10-4-3-9(8-13)11(12)7-10/h3-4,7-8H,2,5-6H2,1H3.